The number of aliphatic hydroxyl groups excluding tert-OH is 1. The Hall–Kier alpha value is -1.52. The van der Waals surface area contributed by atoms with Gasteiger partial charge in [-0.05, 0) is 26.0 Å². The fraction of sp³-hybridized carbons (Fsp3) is 0.357. The highest BCUT2D eigenvalue weighted by molar-refractivity contribution is 6.33. The minimum absolute atomic E-state index is 0.246. The van der Waals surface area contributed by atoms with E-state index in [1.165, 1.54) is 0 Å². The number of nitrogens with zero attached hydrogens (tertiary/aromatic N) is 1. The van der Waals surface area contributed by atoms with Crippen molar-refractivity contribution in [3.05, 3.63) is 35.4 Å². The van der Waals surface area contributed by atoms with Crippen LogP contribution in [-0.2, 0) is 4.79 Å². The molecule has 102 valence electrons. The molecule has 0 bridgehead atoms. The normalized spacial score (nSPS) is 17.3. The van der Waals surface area contributed by atoms with E-state index in [9.17, 15) is 9.90 Å². The second kappa shape index (κ2) is 5.23. The lowest BCUT2D eigenvalue weighted by Gasteiger charge is -2.29. The van der Waals surface area contributed by atoms with Gasteiger partial charge < -0.3 is 15.3 Å². The van der Waals surface area contributed by atoms with Crippen molar-refractivity contribution in [1.82, 2.24) is 0 Å². The van der Waals surface area contributed by atoms with Crippen LogP contribution in [0.15, 0.2) is 24.8 Å². The van der Waals surface area contributed by atoms with Gasteiger partial charge in [-0.1, -0.05) is 17.7 Å². The maximum absolute atomic E-state index is 11.4. The predicted octanol–water partition coefficient (Wildman–Crippen LogP) is 2.73. The maximum Gasteiger partial charge on any atom is 0.257 e. The zero-order valence-corrected chi connectivity index (χ0v) is 11.7. The van der Waals surface area contributed by atoms with Crippen molar-refractivity contribution < 1.29 is 9.90 Å². The molecule has 1 amide bonds. The van der Waals surface area contributed by atoms with Gasteiger partial charge in [0.25, 0.3) is 5.91 Å². The molecule has 0 saturated heterocycles. The van der Waals surface area contributed by atoms with Crippen LogP contribution in [0.1, 0.15) is 25.5 Å². The van der Waals surface area contributed by atoms with E-state index >= 15 is 0 Å². The molecule has 1 heterocycles. The molecule has 0 aliphatic carbocycles. The number of amides is 1. The summed E-state index contributed by atoms with van der Waals surface area (Å²) < 4.78 is 0. The smallest absolute Gasteiger partial charge is 0.257 e. The van der Waals surface area contributed by atoms with Crippen molar-refractivity contribution in [2.45, 2.75) is 26.0 Å². The van der Waals surface area contributed by atoms with E-state index in [4.69, 9.17) is 11.6 Å². The van der Waals surface area contributed by atoms with E-state index in [0.29, 0.717) is 22.8 Å². The van der Waals surface area contributed by atoms with Crippen molar-refractivity contribution in [2.75, 3.05) is 16.8 Å². The van der Waals surface area contributed by atoms with Crippen molar-refractivity contribution in [3.8, 4) is 0 Å². The number of fused-ring (bicyclic) bond motifs is 1. The first kappa shape index (κ1) is 13.9. The minimum atomic E-state index is -1.13. The molecular formula is C14H17ClN2O2. The summed E-state index contributed by atoms with van der Waals surface area (Å²) in [6.45, 7) is 8.51. The summed E-state index contributed by atoms with van der Waals surface area (Å²) in [7, 11) is 0. The molecule has 1 aliphatic rings. The van der Waals surface area contributed by atoms with E-state index in [1.54, 1.807) is 18.2 Å². The summed E-state index contributed by atoms with van der Waals surface area (Å²) in [6.07, 6.45) is 0.672. The number of carbonyl (C=O) groups is 1. The number of nitrogens with one attached hydrogen (secondary N) is 1. The highest BCUT2D eigenvalue weighted by Gasteiger charge is 2.30. The van der Waals surface area contributed by atoms with E-state index < -0.39 is 12.0 Å². The Morgan fingerprint density at radius 3 is 2.84 bits per heavy atom. The fourth-order valence-electron chi connectivity index (χ4n) is 2.20. The predicted molar refractivity (Wildman–Crippen MR) is 77.7 cm³/mol. The molecule has 4 nitrogen and oxygen atoms in total. The third kappa shape index (κ3) is 2.46. The highest BCUT2D eigenvalue weighted by Crippen LogP contribution is 2.39. The summed E-state index contributed by atoms with van der Waals surface area (Å²) in [6, 6.07) is 3.69. The van der Waals surface area contributed by atoms with Crippen molar-refractivity contribution in [1.29, 1.82) is 0 Å². The van der Waals surface area contributed by atoms with Gasteiger partial charge in [0, 0.05) is 23.8 Å². The standard InChI is InChI=1S/C14H17ClN2O2/c1-4-5-17(8(2)3)12-7-11-9(6-10(12)15)13(18)14(19)16-11/h4,6-8,13,18H,1,5H2,2-3H3,(H,16,19). The molecule has 1 atom stereocenters. The van der Waals surface area contributed by atoms with Crippen LogP contribution >= 0.6 is 11.6 Å². The van der Waals surface area contributed by atoms with Crippen molar-refractivity contribution >= 4 is 28.9 Å². The van der Waals surface area contributed by atoms with Crippen LogP contribution in [0.5, 0.6) is 0 Å². The molecule has 0 fully saturated rings. The lowest BCUT2D eigenvalue weighted by molar-refractivity contribution is -0.123. The average molecular weight is 281 g/mol. The monoisotopic (exact) mass is 280 g/mol. The summed E-state index contributed by atoms with van der Waals surface area (Å²) in [5.41, 5.74) is 1.97. The number of carbonyl (C=O) groups excluding carboxylic acids is 1. The molecule has 5 heteroatoms. The number of benzene rings is 1. The molecule has 19 heavy (non-hydrogen) atoms. The molecule has 2 N–H and O–H groups in total. The number of rotatable bonds is 4. The van der Waals surface area contributed by atoms with Gasteiger partial charge in [-0.3, -0.25) is 4.79 Å². The Bertz CT molecular complexity index is 528. The molecule has 0 saturated carbocycles. The number of anilines is 2. The SMILES string of the molecule is C=CCN(c1cc2c(cc1Cl)C(O)C(=O)N2)C(C)C. The first-order valence-corrected chi connectivity index (χ1v) is 6.53. The quantitative estimate of drug-likeness (QED) is 0.834. The second-order valence-corrected chi connectivity index (χ2v) is 5.22. The van der Waals surface area contributed by atoms with Crippen LogP contribution in [0.3, 0.4) is 0 Å². The molecule has 1 unspecified atom stereocenters. The zero-order chi connectivity index (χ0) is 14.2. The summed E-state index contributed by atoms with van der Waals surface area (Å²) >= 11 is 6.27. The van der Waals surface area contributed by atoms with Crippen LogP contribution in [0.25, 0.3) is 0 Å². The van der Waals surface area contributed by atoms with Gasteiger partial charge in [-0.15, -0.1) is 6.58 Å². The molecule has 0 aromatic heterocycles. The summed E-state index contributed by atoms with van der Waals surface area (Å²) in [5.74, 6) is -0.414. The number of halogens is 1. The Labute approximate surface area is 117 Å². The Morgan fingerprint density at radius 1 is 1.58 bits per heavy atom. The van der Waals surface area contributed by atoms with Gasteiger partial charge in [0.15, 0.2) is 6.10 Å². The minimum Gasteiger partial charge on any atom is -0.378 e. The van der Waals surface area contributed by atoms with Crippen LogP contribution < -0.4 is 10.2 Å². The topological polar surface area (TPSA) is 52.6 Å². The number of hydrogen-bond acceptors (Lipinski definition) is 3. The molecule has 0 spiro atoms. The summed E-state index contributed by atoms with van der Waals surface area (Å²) in [5, 5.41) is 12.9. The van der Waals surface area contributed by atoms with E-state index in [1.807, 2.05) is 0 Å². The van der Waals surface area contributed by atoms with Gasteiger partial charge in [0.05, 0.1) is 10.7 Å². The molecule has 2 rings (SSSR count). The first-order valence-electron chi connectivity index (χ1n) is 6.15. The lowest BCUT2D eigenvalue weighted by atomic mass is 10.1. The second-order valence-electron chi connectivity index (χ2n) is 4.82. The lowest BCUT2D eigenvalue weighted by Crippen LogP contribution is -2.31. The molecular weight excluding hydrogens is 264 g/mol. The van der Waals surface area contributed by atoms with Crippen molar-refractivity contribution in [3.63, 3.8) is 0 Å². The fourth-order valence-corrected chi connectivity index (χ4v) is 2.48. The Balaban J connectivity index is 2.46. The van der Waals surface area contributed by atoms with Gasteiger partial charge in [-0.2, -0.15) is 0 Å². The third-order valence-electron chi connectivity index (χ3n) is 3.18. The largest absolute Gasteiger partial charge is 0.378 e. The highest BCUT2D eigenvalue weighted by atomic mass is 35.5. The van der Waals surface area contributed by atoms with Crippen LogP contribution in [0.2, 0.25) is 5.02 Å². The molecule has 1 aliphatic heterocycles. The zero-order valence-electron chi connectivity index (χ0n) is 11.0. The van der Waals surface area contributed by atoms with Gasteiger partial charge in [0.1, 0.15) is 0 Å². The maximum atomic E-state index is 11.4. The third-order valence-corrected chi connectivity index (χ3v) is 3.48. The summed E-state index contributed by atoms with van der Waals surface area (Å²) in [4.78, 5) is 13.5. The molecule has 1 aromatic rings. The van der Waals surface area contributed by atoms with Gasteiger partial charge in [0.2, 0.25) is 0 Å². The van der Waals surface area contributed by atoms with E-state index in [-0.39, 0.29) is 6.04 Å². The molecule has 1 aromatic carbocycles. The van der Waals surface area contributed by atoms with Gasteiger partial charge >= 0.3 is 0 Å². The Kier molecular flexibility index (Phi) is 3.83. The van der Waals surface area contributed by atoms with E-state index in [2.05, 4.69) is 30.6 Å². The first-order chi connectivity index (χ1) is 8.95. The van der Waals surface area contributed by atoms with Crippen LogP contribution in [0, 0.1) is 0 Å². The number of aliphatic hydroxyl groups is 1. The van der Waals surface area contributed by atoms with Crippen LogP contribution in [0.4, 0.5) is 11.4 Å². The van der Waals surface area contributed by atoms with Crippen molar-refractivity contribution in [2.24, 2.45) is 0 Å². The average Bonchev–Trinajstić information content (AvgIpc) is 2.62. The molecule has 0 radical (unpaired) electrons. The van der Waals surface area contributed by atoms with Crippen LogP contribution in [-0.4, -0.2) is 23.6 Å². The number of hydrogen-bond donors (Lipinski definition) is 2. The Morgan fingerprint density at radius 2 is 2.26 bits per heavy atom. The van der Waals surface area contributed by atoms with Gasteiger partial charge in [-0.25, -0.2) is 0 Å². The van der Waals surface area contributed by atoms with E-state index in [0.717, 1.165) is 5.69 Å².